The van der Waals surface area contributed by atoms with Gasteiger partial charge in [0.15, 0.2) is 0 Å². The molecule has 94 valence electrons. The van der Waals surface area contributed by atoms with Crippen LogP contribution < -0.4 is 5.56 Å². The average Bonchev–Trinajstić information content (AvgIpc) is 2.41. The Morgan fingerprint density at radius 1 is 1.16 bits per heavy atom. The van der Waals surface area contributed by atoms with Crippen LogP contribution in [0, 0.1) is 6.92 Å². The largest absolute Gasteiger partial charge is 0.506 e. The molecule has 0 aliphatic carbocycles. The lowest BCUT2D eigenvalue weighted by Gasteiger charge is -2.09. The number of aromatic hydroxyl groups is 1. The molecule has 0 spiro atoms. The minimum Gasteiger partial charge on any atom is -0.506 e. The molecule has 0 radical (unpaired) electrons. The van der Waals surface area contributed by atoms with Crippen molar-refractivity contribution in [3.63, 3.8) is 0 Å². The second kappa shape index (κ2) is 4.20. The summed E-state index contributed by atoms with van der Waals surface area (Å²) in [6.07, 6.45) is 0. The van der Waals surface area contributed by atoms with E-state index >= 15 is 0 Å². The fourth-order valence-electron chi connectivity index (χ4n) is 2.01. The second-order valence-electron chi connectivity index (χ2n) is 4.32. The Balaban J connectivity index is 2.41. The predicted octanol–water partition coefficient (Wildman–Crippen LogP) is 1.79. The molecule has 0 saturated heterocycles. The molecule has 5 nitrogen and oxygen atoms in total. The summed E-state index contributed by atoms with van der Waals surface area (Å²) in [6.45, 7) is 1.91. The molecule has 1 heterocycles. The van der Waals surface area contributed by atoms with Crippen LogP contribution >= 0.6 is 0 Å². The molecular weight excluding hydrogens is 242 g/mol. The second-order valence-corrected chi connectivity index (χ2v) is 4.32. The quantitative estimate of drug-likeness (QED) is 0.718. The highest BCUT2D eigenvalue weighted by atomic mass is 16.3. The van der Waals surface area contributed by atoms with E-state index in [-0.39, 0.29) is 11.3 Å². The van der Waals surface area contributed by atoms with Crippen LogP contribution in [0.15, 0.2) is 47.3 Å². The minimum atomic E-state index is -0.370. The molecule has 1 aromatic heterocycles. The number of para-hydroxylation sites is 2. The average molecular weight is 253 g/mol. The molecule has 0 saturated carbocycles. The topological polar surface area (TPSA) is 68.0 Å². The minimum absolute atomic E-state index is 0.0855. The van der Waals surface area contributed by atoms with Crippen molar-refractivity contribution in [2.45, 2.75) is 6.92 Å². The third-order valence-corrected chi connectivity index (χ3v) is 2.95. The van der Waals surface area contributed by atoms with Gasteiger partial charge < -0.3 is 5.11 Å². The number of phenols is 1. The van der Waals surface area contributed by atoms with Gasteiger partial charge in [0.05, 0.1) is 10.9 Å². The Labute approximate surface area is 108 Å². The number of fused-ring (bicyclic) bond motifs is 1. The number of phenolic OH excluding ortho intramolecular Hbond substituents is 1. The van der Waals surface area contributed by atoms with E-state index in [1.807, 2.05) is 13.0 Å². The first-order chi connectivity index (χ1) is 9.16. The molecule has 0 aliphatic heterocycles. The summed E-state index contributed by atoms with van der Waals surface area (Å²) in [7, 11) is 0. The Kier molecular flexibility index (Phi) is 2.52. The molecule has 5 heteroatoms. The normalized spacial score (nSPS) is 10.8. The first kappa shape index (κ1) is 11.4. The zero-order valence-corrected chi connectivity index (χ0v) is 10.2. The van der Waals surface area contributed by atoms with Crippen LogP contribution in [-0.2, 0) is 0 Å². The van der Waals surface area contributed by atoms with Gasteiger partial charge in [-0.25, -0.2) is 4.68 Å². The van der Waals surface area contributed by atoms with E-state index in [0.717, 1.165) is 5.56 Å². The number of hydrogen-bond acceptors (Lipinski definition) is 4. The lowest BCUT2D eigenvalue weighted by Crippen LogP contribution is -2.16. The van der Waals surface area contributed by atoms with Gasteiger partial charge in [0, 0.05) is 0 Å². The van der Waals surface area contributed by atoms with Crippen LogP contribution in [0.5, 0.6) is 5.75 Å². The molecule has 3 aromatic rings. The SMILES string of the molecule is Cc1ccc2c(c1)c(=O)nnn2-c1ccccc1O. The van der Waals surface area contributed by atoms with Crippen molar-refractivity contribution in [3.8, 4) is 11.4 Å². The van der Waals surface area contributed by atoms with Crippen molar-refractivity contribution >= 4 is 10.9 Å². The lowest BCUT2D eigenvalue weighted by molar-refractivity contribution is 0.469. The van der Waals surface area contributed by atoms with Crippen LogP contribution in [0.1, 0.15) is 5.56 Å². The van der Waals surface area contributed by atoms with Crippen LogP contribution in [0.3, 0.4) is 0 Å². The smallest absolute Gasteiger partial charge is 0.299 e. The maximum Gasteiger partial charge on any atom is 0.299 e. The summed E-state index contributed by atoms with van der Waals surface area (Å²) in [5.74, 6) is 0.0855. The molecule has 19 heavy (non-hydrogen) atoms. The number of rotatable bonds is 1. The van der Waals surface area contributed by atoms with Gasteiger partial charge in [-0.15, -0.1) is 0 Å². The first-order valence-corrected chi connectivity index (χ1v) is 5.81. The molecule has 0 amide bonds. The summed E-state index contributed by atoms with van der Waals surface area (Å²) in [6, 6.07) is 12.2. The van der Waals surface area contributed by atoms with E-state index in [4.69, 9.17) is 0 Å². The summed E-state index contributed by atoms with van der Waals surface area (Å²) >= 11 is 0. The monoisotopic (exact) mass is 253 g/mol. The number of aryl methyl sites for hydroxylation is 1. The Morgan fingerprint density at radius 2 is 1.95 bits per heavy atom. The maximum absolute atomic E-state index is 11.7. The first-order valence-electron chi connectivity index (χ1n) is 5.81. The zero-order chi connectivity index (χ0) is 13.4. The zero-order valence-electron chi connectivity index (χ0n) is 10.2. The van der Waals surface area contributed by atoms with Gasteiger partial charge >= 0.3 is 0 Å². The summed E-state index contributed by atoms with van der Waals surface area (Å²) in [4.78, 5) is 11.7. The molecule has 3 rings (SSSR count). The predicted molar refractivity (Wildman–Crippen MR) is 71.5 cm³/mol. The van der Waals surface area contributed by atoms with E-state index in [1.54, 1.807) is 36.4 Å². The van der Waals surface area contributed by atoms with E-state index in [9.17, 15) is 9.90 Å². The molecule has 0 bridgehead atoms. The van der Waals surface area contributed by atoms with E-state index in [0.29, 0.717) is 16.6 Å². The standard InChI is InChI=1S/C14H11N3O2/c1-9-6-7-11-10(8-9)14(19)15-16-17(11)12-4-2-3-5-13(12)18/h2-8,18H,1H3. The fraction of sp³-hybridized carbons (Fsp3) is 0.0714. The van der Waals surface area contributed by atoms with E-state index in [2.05, 4.69) is 10.3 Å². The van der Waals surface area contributed by atoms with Gasteiger partial charge in [-0.2, -0.15) is 0 Å². The fourth-order valence-corrected chi connectivity index (χ4v) is 2.01. The van der Waals surface area contributed by atoms with Crippen molar-refractivity contribution in [3.05, 3.63) is 58.4 Å². The highest BCUT2D eigenvalue weighted by Crippen LogP contribution is 2.22. The van der Waals surface area contributed by atoms with Crippen LogP contribution in [0.25, 0.3) is 16.6 Å². The van der Waals surface area contributed by atoms with Crippen molar-refractivity contribution in [1.29, 1.82) is 0 Å². The van der Waals surface area contributed by atoms with Crippen molar-refractivity contribution in [1.82, 2.24) is 15.0 Å². The highest BCUT2D eigenvalue weighted by Gasteiger charge is 2.09. The van der Waals surface area contributed by atoms with Gasteiger partial charge in [0.1, 0.15) is 11.4 Å². The van der Waals surface area contributed by atoms with Crippen LogP contribution in [-0.4, -0.2) is 20.1 Å². The number of benzene rings is 2. The summed E-state index contributed by atoms with van der Waals surface area (Å²) < 4.78 is 1.46. The van der Waals surface area contributed by atoms with Gasteiger partial charge in [0.25, 0.3) is 5.56 Å². The maximum atomic E-state index is 11.7. The van der Waals surface area contributed by atoms with E-state index < -0.39 is 0 Å². The molecule has 0 unspecified atom stereocenters. The van der Waals surface area contributed by atoms with Gasteiger partial charge in [-0.05, 0) is 31.2 Å². The summed E-state index contributed by atoms with van der Waals surface area (Å²) in [5, 5.41) is 17.8. The van der Waals surface area contributed by atoms with Crippen LogP contribution in [0.2, 0.25) is 0 Å². The molecule has 0 aliphatic rings. The Hall–Kier alpha value is -2.69. The van der Waals surface area contributed by atoms with Gasteiger partial charge in [0.2, 0.25) is 0 Å². The van der Waals surface area contributed by atoms with Gasteiger partial charge in [-0.1, -0.05) is 34.1 Å². The number of aromatic nitrogens is 3. The van der Waals surface area contributed by atoms with E-state index in [1.165, 1.54) is 4.68 Å². The van der Waals surface area contributed by atoms with Crippen LogP contribution in [0.4, 0.5) is 0 Å². The highest BCUT2D eigenvalue weighted by molar-refractivity contribution is 5.80. The Bertz CT molecular complexity index is 824. The molecule has 0 atom stereocenters. The number of nitrogens with zero attached hydrogens (tertiary/aromatic N) is 3. The molecule has 0 fully saturated rings. The summed E-state index contributed by atoms with van der Waals surface area (Å²) in [5.41, 5.74) is 1.71. The molecule has 2 aromatic carbocycles. The van der Waals surface area contributed by atoms with Gasteiger partial charge in [-0.3, -0.25) is 4.79 Å². The third-order valence-electron chi connectivity index (χ3n) is 2.95. The molecular formula is C14H11N3O2. The van der Waals surface area contributed by atoms with Crippen molar-refractivity contribution in [2.75, 3.05) is 0 Å². The lowest BCUT2D eigenvalue weighted by atomic mass is 10.1. The van der Waals surface area contributed by atoms with Crippen molar-refractivity contribution < 1.29 is 5.11 Å². The van der Waals surface area contributed by atoms with Crippen molar-refractivity contribution in [2.24, 2.45) is 0 Å². The Morgan fingerprint density at radius 3 is 2.74 bits per heavy atom. The molecule has 1 N–H and O–H groups in total. The number of hydrogen-bond donors (Lipinski definition) is 1. The third kappa shape index (κ3) is 1.85.